The summed E-state index contributed by atoms with van der Waals surface area (Å²) in [6.45, 7) is 1.68. The molecule has 58 heavy (non-hydrogen) atoms. The molecule has 24 heteroatoms. The number of carbonyl (C=O) groups excluding carboxylic acids is 2. The maximum atomic E-state index is 10.8. The summed E-state index contributed by atoms with van der Waals surface area (Å²) >= 11 is 24.4. The molecule has 18 nitrogen and oxygen atoms in total. The van der Waals surface area contributed by atoms with Crippen LogP contribution in [0.4, 0.5) is 11.6 Å². The van der Waals surface area contributed by atoms with E-state index in [1.165, 1.54) is 0 Å². The molecule has 2 aromatic carbocycles. The molecule has 0 spiro atoms. The van der Waals surface area contributed by atoms with E-state index in [2.05, 4.69) is 40.3 Å². The third kappa shape index (κ3) is 20.3. The first kappa shape index (κ1) is 52.3. The molecule has 2 aromatic heterocycles. The highest BCUT2D eigenvalue weighted by molar-refractivity contribution is 7.85. The van der Waals surface area contributed by atoms with Gasteiger partial charge in [-0.3, -0.25) is 13.8 Å². The van der Waals surface area contributed by atoms with Crippen LogP contribution in [0.1, 0.15) is 43.8 Å². The van der Waals surface area contributed by atoms with Crippen molar-refractivity contribution in [2.45, 2.75) is 44.9 Å². The Hall–Kier alpha value is -3.76. The lowest BCUT2D eigenvalue weighted by Crippen LogP contribution is -3.00. The van der Waals surface area contributed by atoms with Gasteiger partial charge in [-0.1, -0.05) is 70.7 Å². The van der Waals surface area contributed by atoms with Crippen molar-refractivity contribution in [3.05, 3.63) is 68.1 Å². The second-order valence-electron chi connectivity index (χ2n) is 11.7. The van der Waals surface area contributed by atoms with Crippen LogP contribution in [-0.4, -0.2) is 96.4 Å². The van der Waals surface area contributed by atoms with Gasteiger partial charge in [0.1, 0.15) is 11.4 Å². The molecule has 0 atom stereocenters. The Bertz CT molecular complexity index is 2020. The number of aromatic nitrogens is 6. The molecule has 0 aliphatic carbocycles. The normalized spacial score (nSPS) is 10.7. The van der Waals surface area contributed by atoms with Crippen molar-refractivity contribution in [1.82, 2.24) is 30.4 Å². The molecule has 2 heterocycles. The molecule has 0 bridgehead atoms. The maximum absolute atomic E-state index is 10.8. The van der Waals surface area contributed by atoms with Crippen molar-refractivity contribution in [3.8, 4) is 22.5 Å². The zero-order valence-electron chi connectivity index (χ0n) is 31.4. The summed E-state index contributed by atoms with van der Waals surface area (Å²) in [7, 11) is -3.44. The fourth-order valence-electron chi connectivity index (χ4n) is 4.33. The number of benzene rings is 2. The molecule has 0 aliphatic rings. The van der Waals surface area contributed by atoms with Crippen LogP contribution in [0.25, 0.3) is 22.5 Å². The van der Waals surface area contributed by atoms with Gasteiger partial charge in [-0.2, -0.15) is 8.42 Å². The lowest BCUT2D eigenvalue weighted by molar-refractivity contribution is -0.118. The number of rotatable bonds is 20. The highest BCUT2D eigenvalue weighted by Gasteiger charge is 2.15. The van der Waals surface area contributed by atoms with Crippen LogP contribution < -0.4 is 41.1 Å². The van der Waals surface area contributed by atoms with Gasteiger partial charge < -0.3 is 50.5 Å². The summed E-state index contributed by atoms with van der Waals surface area (Å²) in [5, 5.41) is 17.9. The predicted octanol–water partition coefficient (Wildman–Crippen LogP) is 0.820. The number of ether oxygens (including phenoxy) is 2. The van der Waals surface area contributed by atoms with Crippen LogP contribution >= 0.6 is 46.4 Å². The largest absolute Gasteiger partial charge is 1.00 e. The van der Waals surface area contributed by atoms with Gasteiger partial charge in [0.2, 0.25) is 11.8 Å². The smallest absolute Gasteiger partial charge is 0.264 e. The van der Waals surface area contributed by atoms with E-state index in [9.17, 15) is 18.0 Å². The minimum atomic E-state index is -3.44. The van der Waals surface area contributed by atoms with Crippen molar-refractivity contribution in [3.63, 3.8) is 0 Å². The Morgan fingerprint density at radius 1 is 0.655 bits per heavy atom. The van der Waals surface area contributed by atoms with Crippen molar-refractivity contribution in [2.75, 3.05) is 57.3 Å². The minimum Gasteiger partial charge on any atom is -1.00 e. The van der Waals surface area contributed by atoms with Crippen LogP contribution in [0.15, 0.2) is 36.4 Å². The first-order valence-electron chi connectivity index (χ1n) is 17.2. The summed E-state index contributed by atoms with van der Waals surface area (Å²) in [4.78, 5) is 28.6. The maximum Gasteiger partial charge on any atom is 0.264 e. The summed E-state index contributed by atoms with van der Waals surface area (Å²) in [6, 6.07) is 10.4. The zero-order chi connectivity index (χ0) is 42.4. The third-order valence-corrected chi connectivity index (χ3v) is 9.23. The second kappa shape index (κ2) is 27.8. The molecule has 0 radical (unpaired) electrons. The van der Waals surface area contributed by atoms with Gasteiger partial charge in [0, 0.05) is 50.2 Å². The van der Waals surface area contributed by atoms with Gasteiger partial charge in [-0.15, -0.1) is 20.4 Å². The van der Waals surface area contributed by atoms with E-state index in [0.29, 0.717) is 99.8 Å². The first-order valence-corrected chi connectivity index (χ1v) is 20.5. The Balaban J connectivity index is 0.000000511. The molecule has 0 fully saturated rings. The monoisotopic (exact) mass is 926 g/mol. The van der Waals surface area contributed by atoms with E-state index in [1.807, 2.05) is 0 Å². The van der Waals surface area contributed by atoms with Gasteiger partial charge in [-0.05, 0) is 37.8 Å². The van der Waals surface area contributed by atoms with Gasteiger partial charge in [0.25, 0.3) is 10.1 Å². The quantitative estimate of drug-likeness (QED) is 0.0605. The first-order chi connectivity index (χ1) is 27.0. The van der Waals surface area contributed by atoms with E-state index in [4.69, 9.17) is 78.8 Å². The molecule has 4 aromatic rings. The van der Waals surface area contributed by atoms with Crippen LogP contribution in [0, 0.1) is 0 Å². The highest BCUT2D eigenvalue weighted by atomic mass is 35.5. The van der Waals surface area contributed by atoms with E-state index >= 15 is 0 Å². The topological polar surface area (TPSA) is 303 Å². The van der Waals surface area contributed by atoms with Crippen molar-refractivity contribution in [2.24, 2.45) is 17.2 Å². The fraction of sp³-hybridized carbons (Fsp3) is 0.412. The number of hydrogen-bond acceptors (Lipinski definition) is 16. The van der Waals surface area contributed by atoms with Crippen molar-refractivity contribution >= 4 is 80.0 Å². The summed E-state index contributed by atoms with van der Waals surface area (Å²) in [5.41, 5.74) is 28.2. The number of nitrogens with zero attached hydrogens (tertiary/aromatic N) is 6. The average molecular weight is 929 g/mol. The van der Waals surface area contributed by atoms with Gasteiger partial charge >= 0.3 is 0 Å². The number of aryl methyl sites for hydroxylation is 2. The lowest BCUT2D eigenvalue weighted by Gasteiger charge is -2.08. The standard InChI is InChI=1S/C17H21Cl2N5O2.C15H18Cl2N4O4S.C2H6N2O.ClH/c18-12-6-3-5-11(15(12)19)16-17(21)22-14(23-24-16)8-4-10-26-9-2-1-7-13(20)25;1-26(22,23)25-9-8-24-7-3-6-12-19-15(18)14(21-20-12)10-4-2-5-11(16)13(10)17;3-1-2(4)5;/h3,5-6H,1-2,4,7-10H2,(H2,20,25)(H2,21,22,23);2,4-5H,3,6-9H2,1H3,(H2,18,19,20);1,3H2,(H2,4,5);1H/p-1. The Labute approximate surface area is 362 Å². The second-order valence-corrected chi connectivity index (χ2v) is 14.9. The third-order valence-electron chi connectivity index (χ3n) is 6.99. The highest BCUT2D eigenvalue weighted by Crippen LogP contribution is 2.35. The van der Waals surface area contributed by atoms with Crippen LogP contribution in [0.5, 0.6) is 0 Å². The Kier molecular flexibility index (Phi) is 25.1. The Morgan fingerprint density at radius 2 is 1.09 bits per heavy atom. The predicted molar refractivity (Wildman–Crippen MR) is 220 cm³/mol. The average Bonchev–Trinajstić information content (AvgIpc) is 3.15. The van der Waals surface area contributed by atoms with Crippen LogP contribution in [-0.2, 0) is 46.2 Å². The molecule has 10 N–H and O–H groups in total. The van der Waals surface area contributed by atoms with Crippen LogP contribution in [0.2, 0.25) is 20.1 Å². The lowest BCUT2D eigenvalue weighted by atomic mass is 10.1. The number of hydrogen-bond donors (Lipinski definition) is 5. The number of amides is 2. The van der Waals surface area contributed by atoms with Gasteiger partial charge in [0.15, 0.2) is 23.3 Å². The molecule has 0 saturated carbocycles. The Morgan fingerprint density at radius 3 is 1.48 bits per heavy atom. The summed E-state index contributed by atoms with van der Waals surface area (Å²) < 4.78 is 36.9. The number of carbonyl (C=O) groups is 2. The molecule has 320 valence electrons. The molecule has 0 unspecified atom stereocenters. The van der Waals surface area contributed by atoms with Crippen molar-refractivity contribution in [1.29, 1.82) is 0 Å². The summed E-state index contributed by atoms with van der Waals surface area (Å²) in [6.07, 6.45) is 5.41. The molecule has 0 aliphatic heterocycles. The molecular formula is C34H45Cl5N11O7S-. The fourth-order valence-corrected chi connectivity index (χ4v) is 5.48. The van der Waals surface area contributed by atoms with Gasteiger partial charge in [0.05, 0.1) is 46.1 Å². The molecular weight excluding hydrogens is 884 g/mol. The number of halogens is 5. The van der Waals surface area contributed by atoms with Gasteiger partial charge in [-0.25, -0.2) is 9.97 Å². The molecule has 4 rings (SSSR count). The SMILES string of the molecule is CS(=O)(=O)OCCOCCCc1nnc(-c2cccc(Cl)c2Cl)c(N)n1.NC(=O)CCCCOCCCc1nnc(-c2cccc(Cl)c2Cl)c(N)n1.NCC(N)=O.[Cl-]. The van der Waals surface area contributed by atoms with E-state index in [0.717, 1.165) is 25.5 Å². The summed E-state index contributed by atoms with van der Waals surface area (Å²) in [5.74, 6) is 0.732. The number of anilines is 2. The van der Waals surface area contributed by atoms with Crippen LogP contribution in [0.3, 0.4) is 0 Å². The zero-order valence-corrected chi connectivity index (χ0v) is 36.0. The number of primary amides is 2. The molecule has 0 saturated heterocycles. The number of nitrogens with two attached hydrogens (primary N) is 5. The molecule has 2 amide bonds. The number of unbranched alkanes of at least 4 members (excludes halogenated alkanes) is 1. The van der Waals surface area contributed by atoms with Crippen molar-refractivity contribution < 1.29 is 44.1 Å². The van der Waals surface area contributed by atoms with E-state index in [-0.39, 0.29) is 49.7 Å². The minimum absolute atomic E-state index is 0. The van der Waals surface area contributed by atoms with E-state index < -0.39 is 16.0 Å². The van der Waals surface area contributed by atoms with E-state index in [1.54, 1.807) is 36.4 Å². The number of nitrogen functional groups attached to an aromatic ring is 2.